The summed E-state index contributed by atoms with van der Waals surface area (Å²) in [7, 11) is -6.43. The first kappa shape index (κ1) is 21.3. The first-order valence-electron chi connectivity index (χ1n) is 9.50. The minimum atomic E-state index is -4.01. The van der Waals surface area contributed by atoms with Gasteiger partial charge in [-0.2, -0.15) is 5.26 Å². The Bertz CT molecular complexity index is 1430. The van der Waals surface area contributed by atoms with Gasteiger partial charge in [-0.15, -0.1) is 0 Å². The second kappa shape index (κ2) is 7.65. The normalized spacial score (nSPS) is 14.9. The van der Waals surface area contributed by atoms with E-state index in [0.717, 1.165) is 5.56 Å². The van der Waals surface area contributed by atoms with Crippen molar-refractivity contribution in [2.75, 3.05) is 24.9 Å². The van der Waals surface area contributed by atoms with Gasteiger partial charge in [0.2, 0.25) is 10.0 Å². The number of anilines is 1. The maximum absolute atomic E-state index is 13.1. The lowest BCUT2D eigenvalue weighted by Crippen LogP contribution is -2.41. The fraction of sp³-hybridized carbons (Fsp3) is 0.250. The number of hydrogen-bond acceptors (Lipinski definition) is 6. The summed E-state index contributed by atoms with van der Waals surface area (Å²) >= 11 is 0. The van der Waals surface area contributed by atoms with E-state index in [4.69, 9.17) is 0 Å². The van der Waals surface area contributed by atoms with Crippen molar-refractivity contribution in [1.29, 1.82) is 5.26 Å². The molecule has 3 aromatic rings. The van der Waals surface area contributed by atoms with Gasteiger partial charge in [0, 0.05) is 30.6 Å². The van der Waals surface area contributed by atoms with Crippen molar-refractivity contribution in [2.45, 2.75) is 22.6 Å². The van der Waals surface area contributed by atoms with Gasteiger partial charge >= 0.3 is 0 Å². The molecule has 1 fully saturated rings. The number of sulfonamides is 2. The molecule has 0 spiro atoms. The summed E-state index contributed by atoms with van der Waals surface area (Å²) in [4.78, 5) is 3.00. The van der Waals surface area contributed by atoms with Crippen molar-refractivity contribution in [3.05, 3.63) is 53.2 Å². The zero-order valence-electron chi connectivity index (χ0n) is 16.9. The number of nitrogens with zero attached hydrogens (tertiary/aromatic N) is 1. The first-order valence-corrected chi connectivity index (χ1v) is 12.5. The molecule has 2 heterocycles. The average Bonchev–Trinajstić information content (AvgIpc) is 3.14. The van der Waals surface area contributed by atoms with Crippen LogP contribution in [0.15, 0.2) is 46.3 Å². The minimum absolute atomic E-state index is 0.0368. The zero-order chi connectivity index (χ0) is 22.4. The van der Waals surface area contributed by atoms with Crippen molar-refractivity contribution < 1.29 is 16.8 Å². The number of hydrogen-bond donors (Lipinski definition) is 4. The van der Waals surface area contributed by atoms with Gasteiger partial charge in [0.1, 0.15) is 6.07 Å². The molecule has 31 heavy (non-hydrogen) atoms. The van der Waals surface area contributed by atoms with E-state index in [9.17, 15) is 22.1 Å². The highest BCUT2D eigenvalue weighted by Gasteiger charge is 2.29. The van der Waals surface area contributed by atoms with Gasteiger partial charge < -0.3 is 10.3 Å². The van der Waals surface area contributed by atoms with Crippen LogP contribution in [0.5, 0.6) is 0 Å². The number of aryl methyl sites for hydroxylation is 1. The fourth-order valence-electron chi connectivity index (χ4n) is 3.67. The molecule has 4 rings (SSSR count). The molecule has 0 amide bonds. The van der Waals surface area contributed by atoms with Crippen molar-refractivity contribution in [3.63, 3.8) is 0 Å². The molecule has 1 aliphatic rings. The monoisotopic (exact) mass is 459 g/mol. The largest absolute Gasteiger partial charge is 0.358 e. The molecule has 1 aliphatic heterocycles. The Labute approximate surface area is 180 Å². The maximum Gasteiger partial charge on any atom is 0.261 e. The van der Waals surface area contributed by atoms with E-state index in [1.54, 1.807) is 12.1 Å². The molecule has 162 valence electrons. The number of nitriles is 1. The zero-order valence-corrected chi connectivity index (χ0v) is 18.5. The van der Waals surface area contributed by atoms with E-state index in [1.165, 1.54) is 31.4 Å². The van der Waals surface area contributed by atoms with Crippen LogP contribution in [0.4, 0.5) is 5.69 Å². The molecule has 0 bridgehead atoms. The molecule has 0 atom stereocenters. The van der Waals surface area contributed by atoms with Gasteiger partial charge in [-0.1, -0.05) is 6.07 Å². The van der Waals surface area contributed by atoms with Crippen LogP contribution in [0.1, 0.15) is 22.6 Å². The summed E-state index contributed by atoms with van der Waals surface area (Å²) in [5.41, 5.74) is 2.54. The van der Waals surface area contributed by atoms with E-state index in [1.807, 2.05) is 6.92 Å². The molecular weight excluding hydrogens is 438 g/mol. The molecule has 2 aromatic carbocycles. The van der Waals surface area contributed by atoms with Gasteiger partial charge in [-0.3, -0.25) is 4.72 Å². The summed E-state index contributed by atoms with van der Waals surface area (Å²) in [5.74, 6) is -0.0963. The molecule has 1 saturated heterocycles. The Morgan fingerprint density at radius 2 is 1.84 bits per heavy atom. The van der Waals surface area contributed by atoms with Crippen LogP contribution in [0.2, 0.25) is 0 Å². The SMILES string of the molecule is CNS(=O)(=O)c1ccc(S(=O)(=O)Nc2ccc(C)c3c(C#N)c[nH]c23)cc1C1CNC1. The Kier molecular flexibility index (Phi) is 5.26. The minimum Gasteiger partial charge on any atom is -0.358 e. The Hall–Kier alpha value is -2.91. The van der Waals surface area contributed by atoms with Crippen molar-refractivity contribution in [2.24, 2.45) is 0 Å². The summed E-state index contributed by atoms with van der Waals surface area (Å²) in [6, 6.07) is 9.48. The number of rotatable bonds is 6. The maximum atomic E-state index is 13.1. The van der Waals surface area contributed by atoms with Crippen LogP contribution in [0.25, 0.3) is 10.9 Å². The molecule has 1 aromatic heterocycles. The third-order valence-corrected chi connectivity index (χ3v) is 8.33. The van der Waals surface area contributed by atoms with Crippen LogP contribution in [-0.4, -0.2) is 42.0 Å². The molecule has 9 nitrogen and oxygen atoms in total. The van der Waals surface area contributed by atoms with Gasteiger partial charge in [0.05, 0.1) is 26.6 Å². The van der Waals surface area contributed by atoms with Crippen LogP contribution in [-0.2, 0) is 20.0 Å². The number of fused-ring (bicyclic) bond motifs is 1. The fourth-order valence-corrected chi connectivity index (χ4v) is 5.78. The average molecular weight is 460 g/mol. The van der Waals surface area contributed by atoms with E-state index >= 15 is 0 Å². The van der Waals surface area contributed by atoms with Crippen molar-refractivity contribution >= 4 is 36.6 Å². The summed E-state index contributed by atoms with van der Waals surface area (Å²) in [6.45, 7) is 2.98. The van der Waals surface area contributed by atoms with E-state index < -0.39 is 20.0 Å². The standard InChI is InChI=1S/C20H21N5O4S2/c1-12-3-5-17(20-19(12)13(8-21)11-24-20)25-30(26,27)15-4-6-18(31(28,29)22-2)16(7-15)14-9-23-10-14/h3-7,11,14,22-25H,9-10H2,1-2H3. The lowest BCUT2D eigenvalue weighted by Gasteiger charge is -2.29. The highest BCUT2D eigenvalue weighted by Crippen LogP contribution is 2.32. The van der Waals surface area contributed by atoms with Crippen LogP contribution in [0.3, 0.4) is 0 Å². The second-order valence-corrected chi connectivity index (χ2v) is 10.9. The Morgan fingerprint density at radius 1 is 1.10 bits per heavy atom. The van der Waals surface area contributed by atoms with Crippen molar-refractivity contribution in [1.82, 2.24) is 15.0 Å². The third kappa shape index (κ3) is 3.68. The van der Waals surface area contributed by atoms with Crippen LogP contribution in [0, 0.1) is 18.3 Å². The van der Waals surface area contributed by atoms with E-state index in [-0.39, 0.29) is 15.7 Å². The smallest absolute Gasteiger partial charge is 0.261 e. The highest BCUT2D eigenvalue weighted by molar-refractivity contribution is 7.92. The van der Waals surface area contributed by atoms with Gasteiger partial charge in [0.25, 0.3) is 10.0 Å². The quantitative estimate of drug-likeness (QED) is 0.442. The number of H-pyrrole nitrogens is 1. The lowest BCUT2D eigenvalue weighted by atomic mass is 9.94. The van der Waals surface area contributed by atoms with E-state index in [2.05, 4.69) is 25.8 Å². The molecular formula is C20H21N5O4S2. The number of nitrogens with one attached hydrogen (secondary N) is 4. The topological polar surface area (TPSA) is 144 Å². The second-order valence-electron chi connectivity index (χ2n) is 7.36. The third-order valence-electron chi connectivity index (χ3n) is 5.48. The Balaban J connectivity index is 1.78. The Morgan fingerprint density at radius 3 is 2.45 bits per heavy atom. The van der Waals surface area contributed by atoms with Gasteiger partial charge in [-0.05, 0) is 49.4 Å². The molecule has 0 aliphatic carbocycles. The lowest BCUT2D eigenvalue weighted by molar-refractivity contribution is 0.441. The molecule has 0 saturated carbocycles. The van der Waals surface area contributed by atoms with Crippen LogP contribution < -0.4 is 14.8 Å². The van der Waals surface area contributed by atoms with Gasteiger partial charge in [0.15, 0.2) is 0 Å². The van der Waals surface area contributed by atoms with Crippen molar-refractivity contribution in [3.8, 4) is 6.07 Å². The number of aromatic nitrogens is 1. The number of benzene rings is 2. The first-order chi connectivity index (χ1) is 14.7. The molecule has 11 heteroatoms. The highest BCUT2D eigenvalue weighted by atomic mass is 32.2. The van der Waals surface area contributed by atoms with Crippen LogP contribution >= 0.6 is 0 Å². The summed E-state index contributed by atoms with van der Waals surface area (Å²) in [5, 5.41) is 13.0. The predicted molar refractivity (Wildman–Crippen MR) is 117 cm³/mol. The number of aromatic amines is 1. The molecule has 4 N–H and O–H groups in total. The van der Waals surface area contributed by atoms with Gasteiger partial charge in [-0.25, -0.2) is 21.6 Å². The predicted octanol–water partition coefficient (Wildman–Crippen LogP) is 1.74. The molecule has 0 unspecified atom stereocenters. The van der Waals surface area contributed by atoms with E-state index in [0.29, 0.717) is 40.8 Å². The summed E-state index contributed by atoms with van der Waals surface area (Å²) in [6.07, 6.45) is 1.54. The summed E-state index contributed by atoms with van der Waals surface area (Å²) < 4.78 is 56.0. The molecule has 0 radical (unpaired) electrons.